The van der Waals surface area contributed by atoms with Crippen LogP contribution in [-0.4, -0.2) is 57.5 Å². The summed E-state index contributed by atoms with van der Waals surface area (Å²) in [5.74, 6) is -0.907. The molecule has 38 heavy (non-hydrogen) atoms. The monoisotopic (exact) mass is 533 g/mol. The van der Waals surface area contributed by atoms with Crippen LogP contribution in [0.5, 0.6) is 0 Å². The Morgan fingerprint density at radius 2 is 1.87 bits per heavy atom. The Bertz CT molecular complexity index is 1330. The molecule has 2 saturated heterocycles. The topological polar surface area (TPSA) is 103 Å². The van der Waals surface area contributed by atoms with Crippen molar-refractivity contribution in [2.24, 2.45) is 5.41 Å². The van der Waals surface area contributed by atoms with Crippen LogP contribution < -0.4 is 5.32 Å². The maximum absolute atomic E-state index is 14.8. The van der Waals surface area contributed by atoms with Gasteiger partial charge in [0.25, 0.3) is 0 Å². The number of pyridine rings is 1. The largest absolute Gasteiger partial charge is 0.481 e. The maximum atomic E-state index is 14.8. The fourth-order valence-corrected chi connectivity index (χ4v) is 5.38. The lowest BCUT2D eigenvalue weighted by Crippen LogP contribution is -2.63. The molecule has 2 aromatic heterocycles. The summed E-state index contributed by atoms with van der Waals surface area (Å²) < 4.78 is 61.5. The molecule has 12 heteroatoms. The van der Waals surface area contributed by atoms with E-state index in [4.69, 9.17) is 4.74 Å². The van der Waals surface area contributed by atoms with E-state index in [1.807, 2.05) is 11.8 Å². The highest BCUT2D eigenvalue weighted by Crippen LogP contribution is 2.46. The third kappa shape index (κ3) is 4.73. The molecule has 3 N–H and O–H groups in total. The van der Waals surface area contributed by atoms with E-state index in [1.165, 1.54) is 24.3 Å². The number of benzene rings is 1. The number of ether oxygens (including phenoxy) is 1. The summed E-state index contributed by atoms with van der Waals surface area (Å²) in [4.78, 5) is 18.7. The summed E-state index contributed by atoms with van der Waals surface area (Å²) in [5, 5.41) is 20.0. The molecule has 2 aliphatic heterocycles. The van der Waals surface area contributed by atoms with E-state index in [9.17, 15) is 27.5 Å². The third-order valence-corrected chi connectivity index (χ3v) is 7.58. The lowest BCUT2D eigenvalue weighted by molar-refractivity contribution is -0.175. The Hall–Kier alpha value is -3.51. The number of nitrogens with one attached hydrogen (secondary N) is 2. The smallest absolute Gasteiger partial charge is 0.416 e. The fraction of sp³-hybridized carbons (Fsp3) is 0.423. The van der Waals surface area contributed by atoms with Gasteiger partial charge in [-0.25, -0.2) is 9.37 Å². The van der Waals surface area contributed by atoms with E-state index in [0.29, 0.717) is 11.6 Å². The highest BCUT2D eigenvalue weighted by molar-refractivity contribution is 5.75. The first-order valence-electron chi connectivity index (χ1n) is 12.2. The number of hydrogen-bond donors (Lipinski definition) is 3. The minimum Gasteiger partial charge on any atom is -0.481 e. The Labute approximate surface area is 216 Å². The van der Waals surface area contributed by atoms with Crippen molar-refractivity contribution in [2.45, 2.75) is 37.9 Å². The summed E-state index contributed by atoms with van der Waals surface area (Å²) >= 11 is 0. The van der Waals surface area contributed by atoms with Crippen molar-refractivity contribution in [3.8, 4) is 0 Å². The summed E-state index contributed by atoms with van der Waals surface area (Å²) in [7, 11) is 0. The van der Waals surface area contributed by atoms with E-state index in [1.54, 1.807) is 12.1 Å². The molecule has 0 spiro atoms. The predicted molar refractivity (Wildman–Crippen MR) is 129 cm³/mol. The predicted octanol–water partition coefficient (Wildman–Crippen LogP) is 4.65. The van der Waals surface area contributed by atoms with Gasteiger partial charge >= 0.3 is 12.1 Å². The average Bonchev–Trinajstić information content (AvgIpc) is 3.25. The first-order valence-corrected chi connectivity index (χ1v) is 12.2. The van der Waals surface area contributed by atoms with Crippen molar-refractivity contribution in [1.29, 1.82) is 0 Å². The van der Waals surface area contributed by atoms with Gasteiger partial charge in [-0.1, -0.05) is 18.2 Å². The number of halogens is 4. The van der Waals surface area contributed by atoms with Crippen molar-refractivity contribution in [3.05, 3.63) is 70.8 Å². The van der Waals surface area contributed by atoms with Crippen LogP contribution in [0.25, 0.3) is 0 Å². The molecule has 0 bridgehead atoms. The van der Waals surface area contributed by atoms with E-state index >= 15 is 0 Å². The number of carboxylic acid groups (broad SMARTS) is 1. The number of alkyl halides is 3. The van der Waals surface area contributed by atoms with Gasteiger partial charge < -0.3 is 15.2 Å². The molecule has 0 aliphatic carbocycles. The summed E-state index contributed by atoms with van der Waals surface area (Å²) in [6, 6.07) is 9.85. The number of H-pyrrole nitrogens is 1. The summed E-state index contributed by atoms with van der Waals surface area (Å²) in [5.41, 5.74) is -2.09. The van der Waals surface area contributed by atoms with Gasteiger partial charge in [0.2, 0.25) is 0 Å². The molecule has 0 amide bonds. The number of aliphatic carboxylic acids is 1. The number of carbonyl (C=O) groups is 1. The first kappa shape index (κ1) is 26.1. The molecule has 8 nitrogen and oxygen atoms in total. The highest BCUT2D eigenvalue weighted by atomic mass is 19.4. The number of hydrogen-bond acceptors (Lipinski definition) is 6. The number of aromatic nitrogens is 3. The minimum absolute atomic E-state index is 0.00205. The summed E-state index contributed by atoms with van der Waals surface area (Å²) in [6.45, 7) is 2.42. The van der Waals surface area contributed by atoms with Crippen molar-refractivity contribution < 1.29 is 32.2 Å². The second-order valence-electron chi connectivity index (χ2n) is 10.0. The Morgan fingerprint density at radius 1 is 1.16 bits per heavy atom. The van der Waals surface area contributed by atoms with Crippen LogP contribution in [0.2, 0.25) is 0 Å². The van der Waals surface area contributed by atoms with Crippen LogP contribution in [0.3, 0.4) is 0 Å². The summed E-state index contributed by atoms with van der Waals surface area (Å²) in [6.07, 6.45) is -4.44. The van der Waals surface area contributed by atoms with Gasteiger partial charge in [-0.3, -0.25) is 14.8 Å². The Balaban J connectivity index is 1.37. The van der Waals surface area contributed by atoms with Gasteiger partial charge in [0.05, 0.1) is 35.4 Å². The maximum Gasteiger partial charge on any atom is 0.416 e. The standard InChI is InChI=1S/C26H27F4N5O3/c1-16-12-22(34-33-16)32-21-7-6-19(27)20(31-21)13-24(23(36)37)8-10-35(11-9-24)25(14-38-15-25)17-4-2-3-5-18(17)26(28,29)30/h2-7,12H,8-11,13-15H2,1H3,(H,36,37)(H2,31,32,33,34). The van der Waals surface area contributed by atoms with Gasteiger partial charge in [-0.05, 0) is 43.5 Å². The van der Waals surface area contributed by atoms with Gasteiger partial charge in [0.1, 0.15) is 11.6 Å². The fourth-order valence-electron chi connectivity index (χ4n) is 5.38. The lowest BCUT2D eigenvalue weighted by Gasteiger charge is -2.54. The zero-order valence-electron chi connectivity index (χ0n) is 20.6. The number of aryl methyl sites for hydroxylation is 1. The van der Waals surface area contributed by atoms with Crippen LogP contribution >= 0.6 is 0 Å². The van der Waals surface area contributed by atoms with Crippen LogP contribution in [0.1, 0.15) is 35.4 Å². The van der Waals surface area contributed by atoms with E-state index in [-0.39, 0.29) is 56.8 Å². The highest BCUT2D eigenvalue weighted by Gasteiger charge is 2.53. The van der Waals surface area contributed by atoms with Crippen LogP contribution in [0.4, 0.5) is 29.2 Å². The molecule has 0 atom stereocenters. The number of carboxylic acids is 1. The number of aromatic amines is 1. The zero-order chi connectivity index (χ0) is 27.1. The molecule has 1 aromatic carbocycles. The second-order valence-corrected chi connectivity index (χ2v) is 10.0. The lowest BCUT2D eigenvalue weighted by atomic mass is 9.72. The molecule has 4 heterocycles. The molecule has 5 rings (SSSR count). The van der Waals surface area contributed by atoms with E-state index in [2.05, 4.69) is 20.5 Å². The second kappa shape index (κ2) is 9.66. The Morgan fingerprint density at radius 3 is 2.45 bits per heavy atom. The van der Waals surface area contributed by atoms with Crippen LogP contribution in [-0.2, 0) is 27.7 Å². The molecule has 3 aromatic rings. The zero-order valence-corrected chi connectivity index (χ0v) is 20.6. The minimum atomic E-state index is -4.53. The normalized spacial score (nSPS) is 19.1. The van der Waals surface area contributed by atoms with Crippen molar-refractivity contribution in [2.75, 3.05) is 31.6 Å². The van der Waals surface area contributed by atoms with Crippen molar-refractivity contribution in [1.82, 2.24) is 20.1 Å². The number of anilines is 2. The SMILES string of the molecule is Cc1cc(Nc2ccc(F)c(CC3(C(=O)O)CCN(C4(c5ccccc5C(F)(F)F)COC4)CC3)n2)n[nH]1. The molecule has 0 radical (unpaired) electrons. The molecular weight excluding hydrogens is 506 g/mol. The van der Waals surface area contributed by atoms with E-state index in [0.717, 1.165) is 11.8 Å². The van der Waals surface area contributed by atoms with Crippen molar-refractivity contribution >= 4 is 17.6 Å². The number of rotatable bonds is 7. The third-order valence-electron chi connectivity index (χ3n) is 7.58. The van der Waals surface area contributed by atoms with Gasteiger partial charge in [0.15, 0.2) is 5.82 Å². The first-order chi connectivity index (χ1) is 18.0. The molecule has 0 unspecified atom stereocenters. The van der Waals surface area contributed by atoms with Crippen LogP contribution in [0, 0.1) is 18.2 Å². The van der Waals surface area contributed by atoms with Gasteiger partial charge in [-0.2, -0.15) is 18.3 Å². The van der Waals surface area contributed by atoms with Crippen LogP contribution in [0.15, 0.2) is 42.5 Å². The van der Waals surface area contributed by atoms with Gasteiger partial charge in [-0.15, -0.1) is 0 Å². The molecular formula is C26H27F4N5O3. The molecule has 2 fully saturated rings. The quantitative estimate of drug-likeness (QED) is 0.380. The Kier molecular flexibility index (Phi) is 6.64. The number of likely N-dealkylation sites (tertiary alicyclic amines) is 1. The molecule has 2 aliphatic rings. The number of piperidine rings is 1. The molecule has 0 saturated carbocycles. The average molecular weight is 534 g/mol. The molecule has 202 valence electrons. The van der Waals surface area contributed by atoms with E-state index < -0.39 is 34.5 Å². The van der Waals surface area contributed by atoms with Crippen molar-refractivity contribution in [3.63, 3.8) is 0 Å². The number of nitrogens with zero attached hydrogens (tertiary/aromatic N) is 3. The van der Waals surface area contributed by atoms with Gasteiger partial charge in [0, 0.05) is 31.3 Å².